The van der Waals surface area contributed by atoms with Gasteiger partial charge < -0.3 is 19.8 Å². The molecule has 7 heteroatoms. The van der Waals surface area contributed by atoms with Crippen molar-refractivity contribution >= 4 is 28.7 Å². The zero-order valence-electron chi connectivity index (χ0n) is 16.2. The van der Waals surface area contributed by atoms with E-state index in [-0.39, 0.29) is 18.9 Å². The van der Waals surface area contributed by atoms with Crippen LogP contribution < -0.4 is 16.3 Å². The SMILES string of the molecule is CCOC(=O)N[C@H](CC(=O)Nc1ccc2c(C)cc(=O)oc2c1)c1ccccc1. The molecule has 1 atom stereocenters. The van der Waals surface area contributed by atoms with Crippen molar-refractivity contribution in [3.63, 3.8) is 0 Å². The lowest BCUT2D eigenvalue weighted by molar-refractivity contribution is -0.116. The van der Waals surface area contributed by atoms with Crippen molar-refractivity contribution in [1.29, 1.82) is 0 Å². The second kappa shape index (κ2) is 9.05. The molecule has 0 aliphatic rings. The molecule has 0 bridgehead atoms. The lowest BCUT2D eigenvalue weighted by atomic mass is 10.0. The van der Waals surface area contributed by atoms with Gasteiger partial charge in [-0.05, 0) is 37.1 Å². The van der Waals surface area contributed by atoms with Gasteiger partial charge in [0.25, 0.3) is 0 Å². The first-order valence-corrected chi connectivity index (χ1v) is 9.29. The van der Waals surface area contributed by atoms with Gasteiger partial charge in [-0.2, -0.15) is 0 Å². The normalized spacial score (nSPS) is 11.7. The molecule has 0 unspecified atom stereocenters. The summed E-state index contributed by atoms with van der Waals surface area (Å²) >= 11 is 0. The summed E-state index contributed by atoms with van der Waals surface area (Å²) in [5, 5.41) is 6.30. The molecular formula is C22H22N2O5. The maximum Gasteiger partial charge on any atom is 0.407 e. The minimum absolute atomic E-state index is 0.0125. The molecule has 29 heavy (non-hydrogen) atoms. The minimum atomic E-state index is -0.586. The van der Waals surface area contributed by atoms with Crippen molar-refractivity contribution in [2.45, 2.75) is 26.3 Å². The quantitative estimate of drug-likeness (QED) is 0.618. The van der Waals surface area contributed by atoms with E-state index in [9.17, 15) is 14.4 Å². The summed E-state index contributed by atoms with van der Waals surface area (Å²) in [7, 11) is 0. The monoisotopic (exact) mass is 394 g/mol. The first kappa shape index (κ1) is 20.1. The van der Waals surface area contributed by atoms with E-state index in [1.54, 1.807) is 25.1 Å². The van der Waals surface area contributed by atoms with Crippen molar-refractivity contribution in [3.05, 3.63) is 76.1 Å². The number of amides is 2. The van der Waals surface area contributed by atoms with Gasteiger partial charge in [-0.3, -0.25) is 4.79 Å². The van der Waals surface area contributed by atoms with Crippen molar-refractivity contribution in [2.24, 2.45) is 0 Å². The average Bonchev–Trinajstić information content (AvgIpc) is 2.68. The van der Waals surface area contributed by atoms with E-state index in [0.29, 0.717) is 11.3 Å². The van der Waals surface area contributed by atoms with Gasteiger partial charge in [-0.25, -0.2) is 9.59 Å². The predicted octanol–water partition coefficient (Wildman–Crippen LogP) is 3.92. The summed E-state index contributed by atoms with van der Waals surface area (Å²) in [6.45, 7) is 3.77. The van der Waals surface area contributed by atoms with Crippen LogP contribution in [0, 0.1) is 6.92 Å². The number of carbonyl (C=O) groups is 2. The van der Waals surface area contributed by atoms with Crippen LogP contribution in [0.2, 0.25) is 0 Å². The number of alkyl carbamates (subject to hydrolysis) is 1. The number of hydrogen-bond donors (Lipinski definition) is 2. The Bertz CT molecular complexity index is 1080. The molecule has 0 aliphatic carbocycles. The van der Waals surface area contributed by atoms with Gasteiger partial charge in [0.05, 0.1) is 19.1 Å². The van der Waals surface area contributed by atoms with Gasteiger partial charge in [0.2, 0.25) is 5.91 Å². The number of ether oxygens (including phenoxy) is 1. The molecule has 2 N–H and O–H groups in total. The average molecular weight is 394 g/mol. The van der Waals surface area contributed by atoms with E-state index < -0.39 is 17.8 Å². The van der Waals surface area contributed by atoms with Crippen LogP contribution in [0.25, 0.3) is 11.0 Å². The molecule has 0 saturated carbocycles. The van der Waals surface area contributed by atoms with Crippen LogP contribution in [0.3, 0.4) is 0 Å². The minimum Gasteiger partial charge on any atom is -0.450 e. The highest BCUT2D eigenvalue weighted by Crippen LogP contribution is 2.22. The van der Waals surface area contributed by atoms with Gasteiger partial charge in [-0.1, -0.05) is 30.3 Å². The number of fused-ring (bicyclic) bond motifs is 1. The maximum absolute atomic E-state index is 12.6. The Balaban J connectivity index is 1.76. The standard InChI is InChI=1S/C22H22N2O5/c1-3-28-22(27)24-18(15-7-5-4-6-8-15)13-20(25)23-16-9-10-17-14(2)11-21(26)29-19(17)12-16/h4-12,18H,3,13H2,1-2H3,(H,23,25)(H,24,27)/t18-/m1/s1. The van der Waals surface area contributed by atoms with E-state index in [2.05, 4.69) is 10.6 Å². The highest BCUT2D eigenvalue weighted by atomic mass is 16.5. The highest BCUT2D eigenvalue weighted by molar-refractivity contribution is 5.94. The number of hydrogen-bond acceptors (Lipinski definition) is 5. The first-order valence-electron chi connectivity index (χ1n) is 9.29. The first-order chi connectivity index (χ1) is 14.0. The summed E-state index contributed by atoms with van der Waals surface area (Å²) in [4.78, 5) is 36.1. The molecule has 150 valence electrons. The lowest BCUT2D eigenvalue weighted by Gasteiger charge is -2.18. The molecule has 2 amide bonds. The van der Waals surface area contributed by atoms with Gasteiger partial charge in [0.1, 0.15) is 5.58 Å². The number of nitrogens with one attached hydrogen (secondary N) is 2. The van der Waals surface area contributed by atoms with E-state index in [0.717, 1.165) is 16.5 Å². The van der Waals surface area contributed by atoms with E-state index in [1.807, 2.05) is 37.3 Å². The van der Waals surface area contributed by atoms with Crippen LogP contribution >= 0.6 is 0 Å². The van der Waals surface area contributed by atoms with Crippen LogP contribution in [-0.4, -0.2) is 18.6 Å². The molecule has 3 aromatic rings. The zero-order valence-corrected chi connectivity index (χ0v) is 16.2. The summed E-state index contributed by atoms with van der Waals surface area (Å²) < 4.78 is 10.2. The summed E-state index contributed by atoms with van der Waals surface area (Å²) in [5.41, 5.74) is 2.05. The fourth-order valence-corrected chi connectivity index (χ4v) is 3.05. The van der Waals surface area contributed by atoms with Gasteiger partial charge in [0.15, 0.2) is 0 Å². The van der Waals surface area contributed by atoms with Crippen molar-refractivity contribution in [1.82, 2.24) is 5.32 Å². The smallest absolute Gasteiger partial charge is 0.407 e. The zero-order chi connectivity index (χ0) is 20.8. The van der Waals surface area contributed by atoms with Crippen molar-refractivity contribution in [3.8, 4) is 0 Å². The molecule has 2 aromatic carbocycles. The molecule has 0 saturated heterocycles. The molecule has 0 spiro atoms. The second-order valence-electron chi connectivity index (χ2n) is 6.54. The topological polar surface area (TPSA) is 97.6 Å². The number of rotatable bonds is 6. The third kappa shape index (κ3) is 5.22. The maximum atomic E-state index is 12.6. The van der Waals surface area contributed by atoms with Crippen LogP contribution in [0.5, 0.6) is 0 Å². The molecule has 0 fully saturated rings. The van der Waals surface area contributed by atoms with Crippen LogP contribution in [0.1, 0.15) is 30.5 Å². The number of benzene rings is 2. The van der Waals surface area contributed by atoms with Crippen LogP contribution in [-0.2, 0) is 9.53 Å². The lowest BCUT2D eigenvalue weighted by Crippen LogP contribution is -2.32. The van der Waals surface area contributed by atoms with Gasteiger partial charge >= 0.3 is 11.7 Å². The molecule has 3 rings (SSSR count). The Morgan fingerprint density at radius 2 is 1.86 bits per heavy atom. The van der Waals surface area contributed by atoms with E-state index in [1.165, 1.54) is 6.07 Å². The fraction of sp³-hybridized carbons (Fsp3) is 0.227. The summed E-state index contributed by atoms with van der Waals surface area (Å²) in [6, 6.07) is 15.2. The Morgan fingerprint density at radius 1 is 1.10 bits per heavy atom. The van der Waals surface area contributed by atoms with E-state index in [4.69, 9.17) is 9.15 Å². The van der Waals surface area contributed by atoms with Crippen LogP contribution in [0.4, 0.5) is 10.5 Å². The second-order valence-corrected chi connectivity index (χ2v) is 6.54. The van der Waals surface area contributed by atoms with Gasteiger partial charge in [-0.15, -0.1) is 0 Å². The molecular weight excluding hydrogens is 372 g/mol. The third-order valence-corrected chi connectivity index (χ3v) is 4.39. The fourth-order valence-electron chi connectivity index (χ4n) is 3.05. The molecule has 1 heterocycles. The number of anilines is 1. The highest BCUT2D eigenvalue weighted by Gasteiger charge is 2.19. The molecule has 0 radical (unpaired) electrons. The summed E-state index contributed by atoms with van der Waals surface area (Å²) in [5.74, 6) is -0.301. The van der Waals surface area contributed by atoms with E-state index >= 15 is 0 Å². The van der Waals surface area contributed by atoms with Crippen LogP contribution in [0.15, 0.2) is 63.8 Å². The Labute approximate surface area is 167 Å². The van der Waals surface area contributed by atoms with Gasteiger partial charge in [0, 0.05) is 23.2 Å². The van der Waals surface area contributed by atoms with Crippen molar-refractivity contribution in [2.75, 3.05) is 11.9 Å². The summed E-state index contributed by atoms with van der Waals surface area (Å²) in [6.07, 6.45) is -0.573. The number of carbonyl (C=O) groups excluding carboxylic acids is 2. The molecule has 7 nitrogen and oxygen atoms in total. The Hall–Kier alpha value is -3.61. The van der Waals surface area contributed by atoms with Crippen molar-refractivity contribution < 1.29 is 18.7 Å². The third-order valence-electron chi connectivity index (χ3n) is 4.39. The Morgan fingerprint density at radius 3 is 2.59 bits per heavy atom. The molecule has 0 aliphatic heterocycles. The molecule has 1 aromatic heterocycles. The Kier molecular flexibility index (Phi) is 6.29. The number of aryl methyl sites for hydroxylation is 1. The largest absolute Gasteiger partial charge is 0.450 e. The predicted molar refractivity (Wildman–Crippen MR) is 110 cm³/mol.